The average molecular weight is 376 g/mol. The molecule has 6 nitrogen and oxygen atoms in total. The molecule has 2 saturated heterocycles. The minimum absolute atomic E-state index is 0. The van der Waals surface area contributed by atoms with E-state index in [2.05, 4.69) is 0 Å². The van der Waals surface area contributed by atoms with Crippen LogP contribution in [0.4, 0.5) is 0 Å². The van der Waals surface area contributed by atoms with Crippen LogP contribution in [-0.4, -0.2) is 61.5 Å². The molecular weight excluding hydrogens is 350 g/mol. The van der Waals surface area contributed by atoms with Gasteiger partial charge in [-0.25, -0.2) is 0 Å². The molecule has 0 aliphatic carbocycles. The molecule has 2 aliphatic rings. The first-order valence-electron chi connectivity index (χ1n) is 8.09. The molecule has 4 atom stereocenters. The van der Waals surface area contributed by atoms with E-state index in [-0.39, 0.29) is 36.6 Å². The summed E-state index contributed by atoms with van der Waals surface area (Å²) in [5, 5.41) is 0. The van der Waals surface area contributed by atoms with E-state index in [0.717, 1.165) is 5.56 Å². The maximum Gasteiger partial charge on any atom is 0.282 e. The van der Waals surface area contributed by atoms with Crippen molar-refractivity contribution in [1.82, 2.24) is 8.61 Å². The fourth-order valence-electron chi connectivity index (χ4n) is 3.52. The predicted molar refractivity (Wildman–Crippen MR) is 96.5 cm³/mol. The summed E-state index contributed by atoms with van der Waals surface area (Å²) in [6.07, 6.45) is -0.176. The molecule has 2 unspecified atom stereocenters. The van der Waals surface area contributed by atoms with E-state index >= 15 is 0 Å². The van der Waals surface area contributed by atoms with Gasteiger partial charge in [-0.2, -0.15) is 17.0 Å². The Bertz CT molecular complexity index is 633. The Morgan fingerprint density at radius 2 is 1.54 bits per heavy atom. The highest BCUT2D eigenvalue weighted by molar-refractivity contribution is 7.86. The Labute approximate surface area is 150 Å². The van der Waals surface area contributed by atoms with Crippen molar-refractivity contribution in [1.29, 1.82) is 0 Å². The first kappa shape index (κ1) is 19.6. The van der Waals surface area contributed by atoms with Crippen LogP contribution in [0.5, 0.6) is 0 Å². The Morgan fingerprint density at radius 3 is 2.12 bits per heavy atom. The highest BCUT2D eigenvalue weighted by Crippen LogP contribution is 2.30. The second-order valence-electron chi connectivity index (χ2n) is 6.58. The molecular formula is C16H26ClN3O3S. The number of nitrogens with zero attached hydrogens (tertiary/aromatic N) is 2. The molecule has 2 N–H and O–H groups in total. The summed E-state index contributed by atoms with van der Waals surface area (Å²) < 4.78 is 34.6. The Morgan fingerprint density at radius 1 is 1.00 bits per heavy atom. The van der Waals surface area contributed by atoms with Crippen molar-refractivity contribution >= 4 is 22.6 Å². The van der Waals surface area contributed by atoms with E-state index in [4.69, 9.17) is 10.5 Å². The SMILES string of the molecule is CC1CN(S(=O)(=O)N2C[C@@H](N)[C@H](c3ccccc3)C2)CC(C)O1.Cl. The van der Waals surface area contributed by atoms with Gasteiger partial charge in [-0.3, -0.25) is 0 Å². The van der Waals surface area contributed by atoms with Gasteiger partial charge in [0.2, 0.25) is 0 Å². The maximum absolute atomic E-state index is 12.9. The lowest BCUT2D eigenvalue weighted by atomic mass is 9.95. The molecule has 2 heterocycles. The van der Waals surface area contributed by atoms with Crippen LogP contribution >= 0.6 is 12.4 Å². The Hall–Kier alpha value is -0.700. The number of ether oxygens (including phenoxy) is 1. The van der Waals surface area contributed by atoms with Crippen LogP contribution in [-0.2, 0) is 14.9 Å². The summed E-state index contributed by atoms with van der Waals surface area (Å²) in [6, 6.07) is 9.73. The zero-order valence-electron chi connectivity index (χ0n) is 14.0. The molecule has 8 heteroatoms. The molecule has 1 aromatic carbocycles. The minimum Gasteiger partial charge on any atom is -0.373 e. The zero-order valence-corrected chi connectivity index (χ0v) is 15.7. The van der Waals surface area contributed by atoms with Gasteiger partial charge < -0.3 is 10.5 Å². The summed E-state index contributed by atoms with van der Waals surface area (Å²) in [4.78, 5) is 0. The van der Waals surface area contributed by atoms with Crippen molar-refractivity contribution in [2.45, 2.75) is 38.0 Å². The third-order valence-corrected chi connectivity index (χ3v) is 6.50. The molecule has 0 aromatic heterocycles. The fraction of sp³-hybridized carbons (Fsp3) is 0.625. The van der Waals surface area contributed by atoms with Crippen molar-refractivity contribution in [3.8, 4) is 0 Å². The van der Waals surface area contributed by atoms with Gasteiger partial charge in [0.1, 0.15) is 0 Å². The summed E-state index contributed by atoms with van der Waals surface area (Å²) in [5.74, 6) is 0.0434. The number of halogens is 1. The molecule has 0 radical (unpaired) electrons. The van der Waals surface area contributed by atoms with Crippen molar-refractivity contribution in [2.24, 2.45) is 5.73 Å². The minimum atomic E-state index is -3.49. The average Bonchev–Trinajstić information content (AvgIpc) is 2.90. The summed E-state index contributed by atoms with van der Waals surface area (Å²) in [6.45, 7) is 5.40. The van der Waals surface area contributed by atoms with E-state index in [9.17, 15) is 8.42 Å². The van der Waals surface area contributed by atoms with Crippen LogP contribution < -0.4 is 5.73 Å². The van der Waals surface area contributed by atoms with E-state index in [1.807, 2.05) is 44.2 Å². The lowest BCUT2D eigenvalue weighted by molar-refractivity contribution is -0.0453. The van der Waals surface area contributed by atoms with Crippen LogP contribution in [0.25, 0.3) is 0 Å². The highest BCUT2D eigenvalue weighted by Gasteiger charge is 2.42. The van der Waals surface area contributed by atoms with Crippen molar-refractivity contribution in [3.05, 3.63) is 35.9 Å². The van der Waals surface area contributed by atoms with Crippen LogP contribution in [0.1, 0.15) is 25.3 Å². The molecule has 2 aliphatic heterocycles. The van der Waals surface area contributed by atoms with Crippen molar-refractivity contribution in [2.75, 3.05) is 26.2 Å². The second kappa shape index (κ2) is 7.68. The quantitative estimate of drug-likeness (QED) is 0.861. The molecule has 3 rings (SSSR count). The maximum atomic E-state index is 12.9. The van der Waals surface area contributed by atoms with Gasteiger partial charge in [0.15, 0.2) is 0 Å². The number of nitrogens with two attached hydrogens (primary N) is 1. The standard InChI is InChI=1S/C16H25N3O3S.ClH/c1-12-8-18(9-13(2)22-12)23(20,21)19-10-15(16(17)11-19)14-6-4-3-5-7-14;/h3-7,12-13,15-16H,8-11,17H2,1-2H3;1H/t12?,13?,15-,16+;/m0./s1. The van der Waals surface area contributed by atoms with Gasteiger partial charge in [-0.15, -0.1) is 12.4 Å². The lowest BCUT2D eigenvalue weighted by Crippen LogP contribution is -2.52. The Balaban J connectivity index is 0.00000208. The number of morpholine rings is 1. The molecule has 0 saturated carbocycles. The largest absolute Gasteiger partial charge is 0.373 e. The van der Waals surface area contributed by atoms with Crippen molar-refractivity contribution in [3.63, 3.8) is 0 Å². The molecule has 0 spiro atoms. The smallest absolute Gasteiger partial charge is 0.282 e. The number of hydrogen-bond acceptors (Lipinski definition) is 4. The summed E-state index contributed by atoms with van der Waals surface area (Å²) >= 11 is 0. The molecule has 24 heavy (non-hydrogen) atoms. The summed E-state index contributed by atoms with van der Waals surface area (Å²) in [5.41, 5.74) is 7.33. The topological polar surface area (TPSA) is 75.9 Å². The molecule has 1 aromatic rings. The van der Waals surface area contributed by atoms with Gasteiger partial charge in [-0.05, 0) is 19.4 Å². The van der Waals surface area contributed by atoms with Crippen LogP contribution in [0, 0.1) is 0 Å². The number of hydrogen-bond donors (Lipinski definition) is 1. The third-order valence-electron chi connectivity index (χ3n) is 4.60. The second-order valence-corrected chi connectivity index (χ2v) is 8.51. The van der Waals surface area contributed by atoms with E-state index in [1.54, 1.807) is 0 Å². The molecule has 136 valence electrons. The van der Waals surface area contributed by atoms with Crippen molar-refractivity contribution < 1.29 is 13.2 Å². The van der Waals surface area contributed by atoms with Gasteiger partial charge in [0, 0.05) is 38.1 Å². The van der Waals surface area contributed by atoms with E-state index in [1.165, 1.54) is 8.61 Å². The third kappa shape index (κ3) is 3.92. The van der Waals surface area contributed by atoms with Gasteiger partial charge in [0.25, 0.3) is 10.2 Å². The number of rotatable bonds is 3. The lowest BCUT2D eigenvalue weighted by Gasteiger charge is -2.36. The highest BCUT2D eigenvalue weighted by atomic mass is 35.5. The zero-order chi connectivity index (χ0) is 16.6. The monoisotopic (exact) mass is 375 g/mol. The van der Waals surface area contributed by atoms with E-state index in [0.29, 0.717) is 26.2 Å². The van der Waals surface area contributed by atoms with Gasteiger partial charge in [0.05, 0.1) is 12.2 Å². The first-order valence-corrected chi connectivity index (χ1v) is 9.49. The van der Waals surface area contributed by atoms with Gasteiger partial charge in [-0.1, -0.05) is 30.3 Å². The van der Waals surface area contributed by atoms with Crippen LogP contribution in [0.3, 0.4) is 0 Å². The molecule has 2 fully saturated rings. The Kier molecular flexibility index (Phi) is 6.28. The molecule has 0 bridgehead atoms. The van der Waals surface area contributed by atoms with Crippen LogP contribution in [0.15, 0.2) is 30.3 Å². The first-order chi connectivity index (χ1) is 10.9. The van der Waals surface area contributed by atoms with Crippen LogP contribution in [0.2, 0.25) is 0 Å². The predicted octanol–water partition coefficient (Wildman–Crippen LogP) is 1.19. The number of benzene rings is 1. The van der Waals surface area contributed by atoms with E-state index < -0.39 is 10.2 Å². The van der Waals surface area contributed by atoms with Gasteiger partial charge >= 0.3 is 0 Å². The fourth-order valence-corrected chi connectivity index (χ4v) is 5.35. The summed E-state index contributed by atoms with van der Waals surface area (Å²) in [7, 11) is -3.49. The molecule has 0 amide bonds. The normalized spacial score (nSPS) is 32.5.